The van der Waals surface area contributed by atoms with Gasteiger partial charge in [0.25, 0.3) is 0 Å². The first-order valence-electron chi connectivity index (χ1n) is 8.76. The van der Waals surface area contributed by atoms with Crippen LogP contribution in [0.5, 0.6) is 5.75 Å². The summed E-state index contributed by atoms with van der Waals surface area (Å²) in [6.45, 7) is 6.24. The second-order valence-corrected chi connectivity index (χ2v) is 7.08. The number of hydrogen-bond acceptors (Lipinski definition) is 4. The lowest BCUT2D eigenvalue weighted by Crippen LogP contribution is -2.36. The van der Waals surface area contributed by atoms with Crippen molar-refractivity contribution in [3.8, 4) is 5.75 Å². The minimum Gasteiger partial charge on any atom is -0.410 e. The second kappa shape index (κ2) is 9.19. The summed E-state index contributed by atoms with van der Waals surface area (Å²) in [7, 11) is 1.58. The third-order valence-electron chi connectivity index (χ3n) is 3.79. The fraction of sp³-hybridized carbons (Fsp3) is 0.333. The lowest BCUT2D eigenvalue weighted by atomic mass is 9.95. The number of methoxy groups -OCH3 is 1. The van der Waals surface area contributed by atoms with Gasteiger partial charge < -0.3 is 14.8 Å². The van der Waals surface area contributed by atoms with Crippen LogP contribution in [0.2, 0.25) is 0 Å². The van der Waals surface area contributed by atoms with E-state index in [1.807, 2.05) is 51.1 Å². The van der Waals surface area contributed by atoms with E-state index < -0.39 is 11.5 Å². The number of nitrogens with one attached hydrogen (secondary N) is 1. The Bertz CT molecular complexity index is 769. The van der Waals surface area contributed by atoms with Crippen molar-refractivity contribution < 1.29 is 19.1 Å². The number of rotatable bonds is 6. The maximum atomic E-state index is 12.7. The quantitative estimate of drug-likeness (QED) is 0.822. The van der Waals surface area contributed by atoms with Gasteiger partial charge in [0, 0.05) is 30.0 Å². The summed E-state index contributed by atoms with van der Waals surface area (Å²) < 4.78 is 10.6. The Hall–Kier alpha value is -2.86. The molecule has 0 bridgehead atoms. The predicted molar refractivity (Wildman–Crippen MR) is 106 cm³/mol. The van der Waals surface area contributed by atoms with E-state index in [2.05, 4.69) is 5.32 Å². The normalized spacial score (nSPS) is 11.0. The molecule has 0 unspecified atom stereocenters. The summed E-state index contributed by atoms with van der Waals surface area (Å²) >= 11 is 0. The van der Waals surface area contributed by atoms with Gasteiger partial charge in [0.1, 0.15) is 5.75 Å². The van der Waals surface area contributed by atoms with Crippen molar-refractivity contribution in [2.45, 2.75) is 20.8 Å². The van der Waals surface area contributed by atoms with E-state index in [1.54, 1.807) is 31.4 Å². The van der Waals surface area contributed by atoms with E-state index in [1.165, 1.54) is 4.90 Å². The third kappa shape index (κ3) is 6.11. The molecule has 0 radical (unpaired) electrons. The molecule has 6 heteroatoms. The number of carbonyl (C=O) groups excluding carboxylic acids is 2. The van der Waals surface area contributed by atoms with Gasteiger partial charge in [0.05, 0.1) is 13.2 Å². The molecule has 27 heavy (non-hydrogen) atoms. The van der Waals surface area contributed by atoms with E-state index in [0.29, 0.717) is 24.6 Å². The van der Waals surface area contributed by atoms with Crippen LogP contribution in [-0.4, -0.2) is 32.3 Å². The van der Waals surface area contributed by atoms with Crippen LogP contribution in [-0.2, 0) is 9.53 Å². The number of carbonyl (C=O) groups is 2. The summed E-state index contributed by atoms with van der Waals surface area (Å²) in [6.07, 6.45) is -0.516. The second-order valence-electron chi connectivity index (χ2n) is 7.08. The highest BCUT2D eigenvalue weighted by Gasteiger charge is 2.22. The highest BCUT2D eigenvalue weighted by molar-refractivity contribution is 5.95. The van der Waals surface area contributed by atoms with Crippen LogP contribution in [0, 0.1) is 5.41 Å². The predicted octanol–water partition coefficient (Wildman–Crippen LogP) is 4.32. The molecule has 6 nitrogen and oxygen atoms in total. The van der Waals surface area contributed by atoms with Gasteiger partial charge in [-0.1, -0.05) is 45.0 Å². The highest BCUT2D eigenvalue weighted by Crippen LogP contribution is 2.22. The molecule has 0 aliphatic carbocycles. The van der Waals surface area contributed by atoms with Crippen molar-refractivity contribution in [2.24, 2.45) is 5.41 Å². The molecule has 2 aromatic carbocycles. The molecule has 0 aliphatic rings. The van der Waals surface area contributed by atoms with Crippen molar-refractivity contribution in [3.63, 3.8) is 0 Å². The number of ether oxygens (including phenoxy) is 2. The van der Waals surface area contributed by atoms with Gasteiger partial charge in [-0.3, -0.25) is 9.69 Å². The van der Waals surface area contributed by atoms with Crippen molar-refractivity contribution in [3.05, 3.63) is 54.6 Å². The molecule has 0 aromatic heterocycles. The molecule has 0 heterocycles. The topological polar surface area (TPSA) is 67.9 Å². The van der Waals surface area contributed by atoms with Crippen LogP contribution < -0.4 is 15.0 Å². The van der Waals surface area contributed by atoms with Crippen molar-refractivity contribution in [1.82, 2.24) is 0 Å². The average Bonchev–Trinajstić information content (AvgIpc) is 2.62. The standard InChI is InChI=1S/C21H26N2O4/c1-21(2,3)19(24)22-16-9-8-12-18(15-16)27-20(25)23(13-14-26-4)17-10-6-5-7-11-17/h5-12,15H,13-14H2,1-4H3,(H,22,24). The summed E-state index contributed by atoms with van der Waals surface area (Å²) in [5, 5.41) is 2.83. The summed E-state index contributed by atoms with van der Waals surface area (Å²) in [5.74, 6) is 0.238. The molecule has 2 rings (SSSR count). The lowest BCUT2D eigenvalue weighted by molar-refractivity contribution is -0.123. The highest BCUT2D eigenvalue weighted by atomic mass is 16.6. The van der Waals surface area contributed by atoms with Gasteiger partial charge in [-0.15, -0.1) is 0 Å². The lowest BCUT2D eigenvalue weighted by Gasteiger charge is -2.22. The minimum atomic E-state index is -0.517. The Morgan fingerprint density at radius 1 is 1.04 bits per heavy atom. The number of nitrogens with zero attached hydrogens (tertiary/aromatic N) is 1. The fourth-order valence-corrected chi connectivity index (χ4v) is 2.23. The van der Waals surface area contributed by atoms with Gasteiger partial charge in [0.15, 0.2) is 0 Å². The van der Waals surface area contributed by atoms with Gasteiger partial charge in [0.2, 0.25) is 5.91 Å². The Labute approximate surface area is 160 Å². The van der Waals surface area contributed by atoms with Gasteiger partial charge in [-0.05, 0) is 24.3 Å². The first-order chi connectivity index (χ1) is 12.8. The van der Waals surface area contributed by atoms with Crippen LogP contribution >= 0.6 is 0 Å². The van der Waals surface area contributed by atoms with Gasteiger partial charge in [-0.25, -0.2) is 4.79 Å². The Morgan fingerprint density at radius 2 is 1.74 bits per heavy atom. The molecule has 0 aliphatic heterocycles. The largest absolute Gasteiger partial charge is 0.419 e. The Kier molecular flexibility index (Phi) is 6.96. The summed E-state index contributed by atoms with van der Waals surface area (Å²) in [6, 6.07) is 16.0. The van der Waals surface area contributed by atoms with E-state index in [4.69, 9.17) is 9.47 Å². The Morgan fingerprint density at radius 3 is 2.37 bits per heavy atom. The van der Waals surface area contributed by atoms with Crippen molar-refractivity contribution in [2.75, 3.05) is 30.5 Å². The van der Waals surface area contributed by atoms with E-state index in [9.17, 15) is 9.59 Å². The zero-order valence-corrected chi connectivity index (χ0v) is 16.2. The zero-order valence-electron chi connectivity index (χ0n) is 16.2. The molecule has 0 spiro atoms. The van der Waals surface area contributed by atoms with Gasteiger partial charge >= 0.3 is 6.09 Å². The maximum absolute atomic E-state index is 12.7. The SMILES string of the molecule is COCCN(C(=O)Oc1cccc(NC(=O)C(C)(C)C)c1)c1ccccc1. The molecule has 2 amide bonds. The van der Waals surface area contributed by atoms with E-state index in [-0.39, 0.29) is 5.91 Å². The molecule has 144 valence electrons. The smallest absolute Gasteiger partial charge is 0.410 e. The number of benzene rings is 2. The number of anilines is 2. The summed E-state index contributed by atoms with van der Waals surface area (Å²) in [5.41, 5.74) is 0.775. The van der Waals surface area contributed by atoms with Gasteiger partial charge in [-0.2, -0.15) is 0 Å². The minimum absolute atomic E-state index is 0.114. The Balaban J connectivity index is 2.13. The molecule has 0 saturated carbocycles. The molecular formula is C21H26N2O4. The molecule has 1 N–H and O–H groups in total. The van der Waals surface area contributed by atoms with E-state index >= 15 is 0 Å². The van der Waals surface area contributed by atoms with Crippen LogP contribution in [0.1, 0.15) is 20.8 Å². The summed E-state index contributed by atoms with van der Waals surface area (Å²) in [4.78, 5) is 26.3. The monoisotopic (exact) mass is 370 g/mol. The van der Waals surface area contributed by atoms with Crippen LogP contribution in [0.15, 0.2) is 54.6 Å². The maximum Gasteiger partial charge on any atom is 0.419 e. The number of amides is 2. The first kappa shape index (κ1) is 20.5. The molecule has 0 fully saturated rings. The first-order valence-corrected chi connectivity index (χ1v) is 8.76. The molecule has 0 saturated heterocycles. The van der Waals surface area contributed by atoms with Crippen LogP contribution in [0.3, 0.4) is 0 Å². The fourth-order valence-electron chi connectivity index (χ4n) is 2.23. The number of para-hydroxylation sites is 1. The van der Waals surface area contributed by atoms with E-state index in [0.717, 1.165) is 5.69 Å². The molecule has 0 atom stereocenters. The van der Waals surface area contributed by atoms with Crippen LogP contribution in [0.4, 0.5) is 16.2 Å². The zero-order chi connectivity index (χ0) is 19.9. The van der Waals surface area contributed by atoms with Crippen molar-refractivity contribution in [1.29, 1.82) is 0 Å². The third-order valence-corrected chi connectivity index (χ3v) is 3.79. The van der Waals surface area contributed by atoms with Crippen molar-refractivity contribution >= 4 is 23.4 Å². The molecule has 2 aromatic rings. The van der Waals surface area contributed by atoms with Crippen LogP contribution in [0.25, 0.3) is 0 Å². The number of hydrogen-bond donors (Lipinski definition) is 1. The molecular weight excluding hydrogens is 344 g/mol. The average molecular weight is 370 g/mol.